The number of carbonyl (C=O) groups is 14. The second-order valence-electron chi connectivity index (χ2n) is 36.6. The van der Waals surface area contributed by atoms with Crippen molar-refractivity contribution in [3.63, 3.8) is 0 Å². The smallest absolute Gasteiger partial charge is 0.318 e. The van der Waals surface area contributed by atoms with Crippen LogP contribution in [-0.4, -0.2) is 203 Å². The maximum Gasteiger partial charge on any atom is 0.318 e. The molecule has 0 saturated carbocycles. The molecule has 34 nitrogen and oxygen atoms in total. The zero-order chi connectivity index (χ0) is 99.1. The molecule has 8 rings (SSSR count). The number of phenols is 2. The molecular weight excluding hydrogens is 1770 g/mol. The lowest BCUT2D eigenvalue weighted by Crippen LogP contribution is -2.49. The molecule has 36 heteroatoms. The summed E-state index contributed by atoms with van der Waals surface area (Å²) in [5, 5.41) is 59.4. The Kier molecular flexibility index (Phi) is 35.6. The number of phenolic OH excluding ortho intramolecular Hbond substituents is 2. The summed E-state index contributed by atoms with van der Waals surface area (Å²) in [6.45, 7) is 18.4. The Morgan fingerprint density at radius 1 is 0.511 bits per heavy atom. The van der Waals surface area contributed by atoms with Crippen LogP contribution in [0.5, 0.6) is 28.7 Å². The van der Waals surface area contributed by atoms with Gasteiger partial charge in [-0.25, -0.2) is 26.3 Å². The number of cyclic esters (lactones) is 2. The lowest BCUT2D eigenvalue weighted by atomic mass is 9.60. The van der Waals surface area contributed by atoms with E-state index >= 15 is 19.2 Å². The van der Waals surface area contributed by atoms with Gasteiger partial charge in [-0.15, -0.1) is 0 Å². The summed E-state index contributed by atoms with van der Waals surface area (Å²) in [5.74, 6) is -33.6. The number of rotatable bonds is 51. The molecule has 2 heterocycles. The number of methoxy groups -OCH3 is 3. The first-order valence-corrected chi connectivity index (χ1v) is 46.5. The van der Waals surface area contributed by atoms with E-state index in [0.29, 0.717) is 5.56 Å². The van der Waals surface area contributed by atoms with Gasteiger partial charge in [0.05, 0.1) is 104 Å². The number of benzene rings is 6. The number of ether oxygens (including phenoxy) is 7. The molecule has 0 aromatic heterocycles. The topological polar surface area (TPSA) is 512 Å². The standard InChI is InChI=1S/C97H120N4O30S2/c1-18-94(7,8)79(84(108)98-38-20-39-99-132(121,122)75-45-62(70(104)48-72(75)125-15)82(106)59-30-24-54(4)25-31-59)66(88(113)114)51-96(11,12)80-64(85(109)101(86(80)110)41-21-40-100-133(123,124)76-46-63(71(105)49-73(76)126-16)83(107)60-32-26-55(5)27-33-60)44-74(127-17)77(91(118)130-43-42-129-61-36-34-58(35-37-61)69(103)47-68(102)57-28-22-53(3)23-29-57)65(87(111)112)50-97(13,14)81(92(119)128-19-2)67(89(115)116)52-95(9,10)78-56(6)90(117)131-93(78)120/h22-37,45-46,48-49,56,64-67,74,77-81,99-100,104-105H,18-21,38-44,47,50-52H2,1-17H3,(H,98,108)(H,111,112)(H,113,114)(H,115,116). The molecule has 2 saturated heterocycles. The van der Waals surface area contributed by atoms with Crippen LogP contribution in [0.2, 0.25) is 0 Å². The minimum atomic E-state index is -4.75. The Morgan fingerprint density at radius 3 is 1.38 bits per heavy atom. The lowest BCUT2D eigenvalue weighted by Gasteiger charge is -2.43. The van der Waals surface area contributed by atoms with Crippen molar-refractivity contribution in [2.45, 2.75) is 164 Å². The fourth-order valence-corrected chi connectivity index (χ4v) is 20.5. The van der Waals surface area contributed by atoms with Gasteiger partial charge in [0.1, 0.15) is 51.8 Å². The second-order valence-corrected chi connectivity index (χ2v) is 40.0. The van der Waals surface area contributed by atoms with Gasteiger partial charge in [0.15, 0.2) is 23.1 Å². The summed E-state index contributed by atoms with van der Waals surface area (Å²) >= 11 is 0. The average Bonchev–Trinajstić information content (AvgIpc) is 1.70. The molecule has 0 spiro atoms. The van der Waals surface area contributed by atoms with Crippen molar-refractivity contribution in [3.8, 4) is 28.7 Å². The van der Waals surface area contributed by atoms with E-state index in [-0.39, 0.29) is 66.3 Å². The number of nitrogens with zero attached hydrogens (tertiary/aromatic N) is 1. The molecule has 2 fully saturated rings. The number of carboxylic acid groups (broad SMARTS) is 3. The van der Waals surface area contributed by atoms with Gasteiger partial charge in [0, 0.05) is 67.7 Å². The van der Waals surface area contributed by atoms with Crippen LogP contribution < -0.4 is 29.0 Å². The number of aliphatic carboxylic acids is 3. The molecule has 2 aliphatic heterocycles. The summed E-state index contributed by atoms with van der Waals surface area (Å²) < 4.78 is 101. The zero-order valence-electron chi connectivity index (χ0n) is 77.7. The van der Waals surface area contributed by atoms with Crippen molar-refractivity contribution in [1.82, 2.24) is 19.7 Å². The fourth-order valence-electron chi connectivity index (χ4n) is 18.0. The number of hydrogen-bond acceptors (Lipinski definition) is 27. The van der Waals surface area contributed by atoms with Crippen molar-refractivity contribution >= 4 is 103 Å². The third kappa shape index (κ3) is 25.6. The van der Waals surface area contributed by atoms with E-state index in [4.69, 9.17) is 33.2 Å². The molecule has 133 heavy (non-hydrogen) atoms. The number of nitrogens with one attached hydrogen (secondary N) is 3. The molecule has 0 aliphatic carbocycles. The minimum Gasteiger partial charge on any atom is -0.507 e. The number of ketones is 4. The third-order valence-electron chi connectivity index (χ3n) is 25.4. The quantitative estimate of drug-likeness (QED) is 0.00439. The lowest BCUT2D eigenvalue weighted by molar-refractivity contribution is -0.172. The number of aromatic hydroxyl groups is 2. The normalized spacial score (nSPS) is 17.2. The van der Waals surface area contributed by atoms with Crippen molar-refractivity contribution in [3.05, 3.63) is 171 Å². The van der Waals surface area contributed by atoms with Crippen LogP contribution in [0.4, 0.5) is 0 Å². The molecule has 720 valence electrons. The highest BCUT2D eigenvalue weighted by Gasteiger charge is 2.60. The van der Waals surface area contributed by atoms with Crippen molar-refractivity contribution in [1.29, 1.82) is 0 Å². The number of aryl methyl sites for hydroxylation is 3. The third-order valence-corrected chi connectivity index (χ3v) is 28.3. The van der Waals surface area contributed by atoms with E-state index in [0.717, 1.165) is 67.2 Å². The van der Waals surface area contributed by atoms with E-state index < -0.39 is 287 Å². The first-order chi connectivity index (χ1) is 62.2. The zero-order valence-corrected chi connectivity index (χ0v) is 79.3. The predicted molar refractivity (Wildman–Crippen MR) is 481 cm³/mol. The molecule has 6 aromatic carbocycles. The minimum absolute atomic E-state index is 0.0992. The Bertz CT molecular complexity index is 5590. The van der Waals surface area contributed by atoms with E-state index in [9.17, 15) is 90.3 Å². The number of sulfonamides is 2. The molecule has 6 aromatic rings. The summed E-state index contributed by atoms with van der Waals surface area (Å²) in [7, 11) is -6.01. The highest BCUT2D eigenvalue weighted by atomic mass is 32.2. The van der Waals surface area contributed by atoms with Gasteiger partial charge < -0.3 is 64.0 Å². The Hall–Kier alpha value is -12.1. The molecule has 0 radical (unpaired) electrons. The first-order valence-electron chi connectivity index (χ1n) is 43.6. The molecule has 11 unspecified atom stereocenters. The highest BCUT2D eigenvalue weighted by molar-refractivity contribution is 7.90. The van der Waals surface area contributed by atoms with Gasteiger partial charge >= 0.3 is 41.8 Å². The number of Topliss-reactive ketones (excluding diaryl/α,β-unsaturated/α-hetero) is 2. The van der Waals surface area contributed by atoms with Crippen LogP contribution in [0.3, 0.4) is 0 Å². The monoisotopic (exact) mass is 1880 g/mol. The van der Waals surface area contributed by atoms with Gasteiger partial charge in [-0.05, 0) is 124 Å². The number of carboxylic acids is 3. The molecule has 8 N–H and O–H groups in total. The fraction of sp³-hybridized carbons (Fsp3) is 0.485. The van der Waals surface area contributed by atoms with Gasteiger partial charge in [-0.1, -0.05) is 165 Å². The summed E-state index contributed by atoms with van der Waals surface area (Å²) in [4.78, 5) is 200. The number of carbonyl (C=O) groups excluding carboxylic acids is 11. The number of amides is 3. The second kappa shape index (κ2) is 44.6. The summed E-state index contributed by atoms with van der Waals surface area (Å²) in [5.41, 5.74) is -3.95. The van der Waals surface area contributed by atoms with E-state index in [1.165, 1.54) is 104 Å². The van der Waals surface area contributed by atoms with Crippen LogP contribution in [0.25, 0.3) is 0 Å². The molecule has 3 amide bonds. The molecule has 0 bridgehead atoms. The van der Waals surface area contributed by atoms with Gasteiger partial charge in [-0.2, -0.15) is 0 Å². The van der Waals surface area contributed by atoms with Crippen LogP contribution in [0.1, 0.15) is 197 Å². The summed E-state index contributed by atoms with van der Waals surface area (Å²) in [6, 6.07) is 28.6. The Balaban J connectivity index is 1.17. The van der Waals surface area contributed by atoms with E-state index in [1.54, 1.807) is 83.1 Å². The maximum absolute atomic E-state index is 16.0. The van der Waals surface area contributed by atoms with Crippen molar-refractivity contribution in [2.24, 2.45) is 80.8 Å². The largest absolute Gasteiger partial charge is 0.507 e. The molecular formula is C97H120N4O30S2. The van der Waals surface area contributed by atoms with Crippen LogP contribution >= 0.6 is 0 Å². The van der Waals surface area contributed by atoms with Crippen LogP contribution in [0.15, 0.2) is 131 Å². The predicted octanol–water partition coefficient (Wildman–Crippen LogP) is 11.3. The number of hydrogen-bond donors (Lipinski definition) is 8. The van der Waals surface area contributed by atoms with Crippen molar-refractivity contribution < 1.29 is 143 Å². The van der Waals surface area contributed by atoms with E-state index in [1.807, 2.05) is 6.92 Å². The van der Waals surface area contributed by atoms with Crippen LogP contribution in [0, 0.1) is 102 Å². The van der Waals surface area contributed by atoms with Gasteiger partial charge in [-0.3, -0.25) is 72.0 Å². The number of esters is 4. The summed E-state index contributed by atoms with van der Waals surface area (Å²) in [6.07, 6.45) is -5.60. The Morgan fingerprint density at radius 2 is 0.955 bits per heavy atom. The average molecular weight is 1890 g/mol. The van der Waals surface area contributed by atoms with Crippen molar-refractivity contribution in [2.75, 3.05) is 67.3 Å². The number of likely N-dealkylation sites (tertiary alicyclic amines) is 1. The first kappa shape index (κ1) is 106. The molecule has 11 atom stereocenters. The maximum atomic E-state index is 16.0. The van der Waals surface area contributed by atoms with E-state index in [2.05, 4.69) is 14.8 Å². The Labute approximate surface area is 773 Å². The SMILES string of the molecule is CCOC(=O)C(C(CC(C)(C)C1C(=O)OC(=O)C1C)C(=O)O)C(C)(C)CC(C(=O)O)C(C(=O)OCCOc1ccc(C(=O)CC(=O)c2ccc(C)cc2)cc1)C(CC1C(=O)N(CCCNS(=O)(=O)c2cc(C(=O)c3ccc(C)cc3)c(O)cc2OC)C(=O)C1C(C)(C)CC(C(=O)O)C(C(=O)NCCCNS(=O)(=O)c1cc(C(=O)c2ccc(C)cc2)c(O)cc1OC)C(C)(C)CC)OC. The highest BCUT2D eigenvalue weighted by Crippen LogP contribution is 2.53. The molecule has 2 aliphatic rings. The van der Waals surface area contributed by atoms with Gasteiger partial charge in [0.25, 0.3) is 0 Å². The number of imide groups is 1. The van der Waals surface area contributed by atoms with Gasteiger partial charge in [0.2, 0.25) is 37.8 Å². The van der Waals surface area contributed by atoms with Crippen LogP contribution in [-0.2, 0) is 86.9 Å².